The molecule has 5 nitrogen and oxygen atoms in total. The van der Waals surface area contributed by atoms with E-state index in [0.29, 0.717) is 12.1 Å². The fourth-order valence-corrected chi connectivity index (χ4v) is 7.70. The number of nitrogens with zero attached hydrogens (tertiary/aromatic N) is 3. The van der Waals surface area contributed by atoms with Gasteiger partial charge in [-0.1, -0.05) is 35.4 Å². The van der Waals surface area contributed by atoms with Gasteiger partial charge >= 0.3 is 138 Å². The monoisotopic (exact) mass is 730 g/mol. The molecule has 4 rings (SSSR count). The number of halogens is 3. The maximum Gasteiger partial charge on any atom is 0.0146 e. The predicted molar refractivity (Wildman–Crippen MR) is 181 cm³/mol. The van der Waals surface area contributed by atoms with Crippen molar-refractivity contribution in [3.05, 3.63) is 99.5 Å². The number of hydrogen-bond acceptors (Lipinski definition) is 5. The first-order valence-electron chi connectivity index (χ1n) is 14.7. The Morgan fingerprint density at radius 1 is 0.932 bits per heavy atom. The van der Waals surface area contributed by atoms with E-state index in [0.717, 1.165) is 18.7 Å². The summed E-state index contributed by atoms with van der Waals surface area (Å²) in [5.74, 6) is -0.627. The summed E-state index contributed by atoms with van der Waals surface area (Å²) in [6.07, 6.45) is -0.139. The van der Waals surface area contributed by atoms with E-state index in [1.165, 1.54) is 56.9 Å². The molecular formula is C35H45Cl2FN3O2Ru-. The zero-order valence-corrected chi connectivity index (χ0v) is 30.5. The van der Waals surface area contributed by atoms with E-state index in [9.17, 15) is 9.18 Å². The normalized spacial score (nSPS) is 13.3. The molecule has 0 aliphatic carbocycles. The SMILES string of the molecule is CC(C)OC(=O)CN(C)Cc1ccc(F)cc1[CH]=[Ru]([Cl])[Cl].Cc1cc(C)c(N2[CH-]N(c3c(C)cc(C)cc3C)CC2)c(C)c1. The fraction of sp³-hybridized carbons (Fsp3) is 0.400. The smallest absolute Gasteiger partial charge is 0.0146 e. The summed E-state index contributed by atoms with van der Waals surface area (Å²) in [7, 11) is 13.5. The van der Waals surface area contributed by atoms with Gasteiger partial charge in [-0.3, -0.25) is 0 Å². The molecule has 0 unspecified atom stereocenters. The molecule has 1 saturated heterocycles. The van der Waals surface area contributed by atoms with Crippen LogP contribution in [-0.4, -0.2) is 48.3 Å². The molecule has 0 radical (unpaired) electrons. The van der Waals surface area contributed by atoms with Crippen LogP contribution in [0.4, 0.5) is 15.8 Å². The number of likely N-dealkylation sites (N-methyl/N-ethyl adjacent to an activating group) is 1. The summed E-state index contributed by atoms with van der Waals surface area (Å²) in [4.78, 5) is 18.2. The summed E-state index contributed by atoms with van der Waals surface area (Å²) >= 11 is -2.04. The zero-order chi connectivity index (χ0) is 32.7. The number of carbonyl (C=O) groups is 1. The van der Waals surface area contributed by atoms with Crippen LogP contribution in [0.15, 0.2) is 42.5 Å². The molecule has 0 atom stereocenters. The topological polar surface area (TPSA) is 36.0 Å². The van der Waals surface area contributed by atoms with Gasteiger partial charge in [0.25, 0.3) is 0 Å². The van der Waals surface area contributed by atoms with Crippen molar-refractivity contribution in [2.24, 2.45) is 0 Å². The number of ether oxygens (including phenoxy) is 1. The number of benzene rings is 3. The zero-order valence-electron chi connectivity index (χ0n) is 27.2. The quantitative estimate of drug-likeness (QED) is 0.133. The molecular weight excluding hydrogens is 685 g/mol. The standard InChI is InChI=1S/C21H27N2.C14H18FNO2.2ClH.Ru/c1-14-9-16(3)20(17(4)10-14)22-7-8-23(13-22)21-18(5)11-15(2)12-19(21)6;1-10(2)18-14(17)9-16(4)8-12-5-6-13(15)7-11(12)3;;;/h9-13H,7-8H2,1-6H3;3,5-7,10H,8-9H2,1-2,4H3;2*1H;/q-1;;;;+2/p-2. The second kappa shape index (κ2) is 16.3. The van der Waals surface area contributed by atoms with Crippen LogP contribution >= 0.6 is 19.4 Å². The molecule has 3 aromatic carbocycles. The molecule has 3 aromatic rings. The Hall–Kier alpha value is -2.31. The number of aryl methyl sites for hydroxylation is 6. The van der Waals surface area contributed by atoms with Gasteiger partial charge in [-0.25, -0.2) is 0 Å². The van der Waals surface area contributed by atoms with Crippen LogP contribution in [0.5, 0.6) is 0 Å². The maximum atomic E-state index is 13.3. The second-order valence-corrected chi connectivity index (χ2v) is 17.6. The average molecular weight is 731 g/mol. The van der Waals surface area contributed by atoms with E-state index in [1.54, 1.807) is 36.5 Å². The predicted octanol–water partition coefficient (Wildman–Crippen LogP) is 8.27. The minimum Gasteiger partial charge on any atom is -0.502 e. The van der Waals surface area contributed by atoms with Crippen molar-refractivity contribution >= 4 is 41.3 Å². The molecule has 9 heteroatoms. The van der Waals surface area contributed by atoms with Gasteiger partial charge in [0.1, 0.15) is 0 Å². The number of hydrogen-bond donors (Lipinski definition) is 0. The molecule has 1 fully saturated rings. The first kappa shape index (κ1) is 36.2. The summed E-state index contributed by atoms with van der Waals surface area (Å²) in [5.41, 5.74) is 12.4. The molecule has 44 heavy (non-hydrogen) atoms. The molecule has 1 aliphatic rings. The Labute approximate surface area is 276 Å². The van der Waals surface area contributed by atoms with Gasteiger partial charge in [-0.05, 0) is 63.8 Å². The molecule has 242 valence electrons. The largest absolute Gasteiger partial charge is 0.502 e. The van der Waals surface area contributed by atoms with Gasteiger partial charge in [0.15, 0.2) is 0 Å². The van der Waals surface area contributed by atoms with Crippen LogP contribution in [-0.2, 0) is 29.6 Å². The van der Waals surface area contributed by atoms with Crippen LogP contribution in [0.25, 0.3) is 0 Å². The second-order valence-electron chi connectivity index (χ2n) is 11.9. The van der Waals surface area contributed by atoms with Gasteiger partial charge in [0.2, 0.25) is 0 Å². The molecule has 0 spiro atoms. The van der Waals surface area contributed by atoms with Crippen LogP contribution in [0.3, 0.4) is 0 Å². The Morgan fingerprint density at radius 2 is 1.41 bits per heavy atom. The van der Waals surface area contributed by atoms with Crippen LogP contribution in [0.1, 0.15) is 58.4 Å². The number of carbonyl (C=O) groups excluding carboxylic acids is 1. The number of esters is 1. The Kier molecular flexibility index (Phi) is 13.4. The third-order valence-corrected chi connectivity index (χ3v) is 9.04. The number of rotatable bonds is 8. The first-order chi connectivity index (χ1) is 20.6. The van der Waals surface area contributed by atoms with Gasteiger partial charge in [0.05, 0.1) is 0 Å². The van der Waals surface area contributed by atoms with Crippen molar-refractivity contribution in [2.45, 2.75) is 68.0 Å². The van der Waals surface area contributed by atoms with Crippen molar-refractivity contribution in [2.75, 3.05) is 36.5 Å². The summed E-state index contributed by atoms with van der Waals surface area (Å²) in [5, 5.41) is 0. The van der Waals surface area contributed by atoms with Crippen molar-refractivity contribution in [1.29, 1.82) is 0 Å². The Morgan fingerprint density at radius 3 is 1.84 bits per heavy atom. The van der Waals surface area contributed by atoms with Crippen molar-refractivity contribution in [3.8, 4) is 0 Å². The summed E-state index contributed by atoms with van der Waals surface area (Å²) < 4.78 is 20.1. The van der Waals surface area contributed by atoms with Crippen molar-refractivity contribution < 1.29 is 27.4 Å². The van der Waals surface area contributed by atoms with E-state index in [2.05, 4.69) is 82.3 Å². The van der Waals surface area contributed by atoms with E-state index >= 15 is 0 Å². The molecule has 0 aromatic heterocycles. The van der Waals surface area contributed by atoms with E-state index in [-0.39, 0.29) is 24.4 Å². The van der Waals surface area contributed by atoms with Gasteiger partial charge < -0.3 is 9.80 Å². The minimum atomic E-state index is -2.04. The maximum absolute atomic E-state index is 13.3. The Balaban J connectivity index is 0.000000242. The third kappa shape index (κ3) is 10.4. The van der Waals surface area contributed by atoms with E-state index in [4.69, 9.17) is 24.1 Å². The minimum absolute atomic E-state index is 0.139. The van der Waals surface area contributed by atoms with E-state index in [1.807, 2.05) is 0 Å². The molecule has 1 aliphatic heterocycles. The summed E-state index contributed by atoms with van der Waals surface area (Å²) in [6.45, 7) is 21.8. The number of anilines is 2. The van der Waals surface area contributed by atoms with Crippen molar-refractivity contribution in [1.82, 2.24) is 4.90 Å². The van der Waals surface area contributed by atoms with E-state index < -0.39 is 13.5 Å². The van der Waals surface area contributed by atoms with Crippen LogP contribution in [0, 0.1) is 54.0 Å². The first-order valence-corrected chi connectivity index (χ1v) is 20.2. The Bertz CT molecular complexity index is 1400. The van der Waals surface area contributed by atoms with Gasteiger partial charge in [-0.2, -0.15) is 6.67 Å². The van der Waals surface area contributed by atoms with Crippen LogP contribution < -0.4 is 9.80 Å². The van der Waals surface area contributed by atoms with Gasteiger partial charge in [-0.15, -0.1) is 0 Å². The van der Waals surface area contributed by atoms with Crippen LogP contribution in [0.2, 0.25) is 0 Å². The molecule has 0 bridgehead atoms. The third-order valence-electron chi connectivity index (χ3n) is 7.21. The molecule has 1 heterocycles. The van der Waals surface area contributed by atoms with Crippen molar-refractivity contribution in [3.63, 3.8) is 0 Å². The molecule has 0 amide bonds. The van der Waals surface area contributed by atoms with Gasteiger partial charge in [0, 0.05) is 24.5 Å². The molecule has 0 saturated carbocycles. The average Bonchev–Trinajstić information content (AvgIpc) is 3.32. The molecule has 0 N–H and O–H groups in total. The fourth-order valence-electron chi connectivity index (χ4n) is 5.84. The summed E-state index contributed by atoms with van der Waals surface area (Å²) in [6, 6.07) is 13.6.